The van der Waals surface area contributed by atoms with Crippen molar-refractivity contribution < 1.29 is 0 Å². The molecular formula is C54H26N8. The van der Waals surface area contributed by atoms with Crippen LogP contribution < -0.4 is 0 Å². The van der Waals surface area contributed by atoms with Crippen molar-refractivity contribution in [1.29, 1.82) is 31.6 Å². The average Bonchev–Trinajstić information content (AvgIpc) is 3.85. The second kappa shape index (κ2) is 14.6. The van der Waals surface area contributed by atoms with Gasteiger partial charge in [-0.2, -0.15) is 31.6 Å². The van der Waals surface area contributed by atoms with Crippen LogP contribution in [0.3, 0.4) is 0 Å². The molecule has 8 nitrogen and oxygen atoms in total. The van der Waals surface area contributed by atoms with Gasteiger partial charge in [0.2, 0.25) is 0 Å². The smallest absolute Gasteiger partial charge is 0.0998 e. The van der Waals surface area contributed by atoms with Crippen LogP contribution in [0.2, 0.25) is 0 Å². The third-order valence-electron chi connectivity index (χ3n) is 11.4. The van der Waals surface area contributed by atoms with Crippen LogP contribution in [0.25, 0.3) is 88.4 Å². The molecule has 0 amide bonds. The number of hydrogen-bond acceptors (Lipinski definition) is 6. The van der Waals surface area contributed by atoms with E-state index >= 15 is 0 Å². The lowest BCUT2D eigenvalue weighted by Crippen LogP contribution is -1.99. The van der Waals surface area contributed by atoms with E-state index in [1.165, 1.54) is 0 Å². The highest BCUT2D eigenvalue weighted by Gasteiger charge is 2.20. The molecule has 0 saturated heterocycles. The molecule has 2 aromatic heterocycles. The summed E-state index contributed by atoms with van der Waals surface area (Å²) in [4.78, 5) is 0. The van der Waals surface area contributed by atoms with Crippen LogP contribution in [0.1, 0.15) is 33.4 Å². The van der Waals surface area contributed by atoms with Gasteiger partial charge in [0.05, 0.1) is 91.9 Å². The number of fused-ring (bicyclic) bond motifs is 6. The number of rotatable bonds is 5. The third kappa shape index (κ3) is 5.87. The van der Waals surface area contributed by atoms with Gasteiger partial charge in [0.15, 0.2) is 0 Å². The van der Waals surface area contributed by atoms with Crippen molar-refractivity contribution in [2.45, 2.75) is 0 Å². The van der Waals surface area contributed by atoms with Crippen molar-refractivity contribution in [1.82, 2.24) is 9.13 Å². The number of para-hydroxylation sites is 2. The minimum absolute atomic E-state index is 0.412. The molecular weight excluding hydrogens is 761 g/mol. The topological polar surface area (TPSA) is 153 Å². The van der Waals surface area contributed by atoms with E-state index < -0.39 is 0 Å². The van der Waals surface area contributed by atoms with E-state index in [1.54, 1.807) is 48.5 Å². The Hall–Kier alpha value is -9.70. The summed E-state index contributed by atoms with van der Waals surface area (Å²) in [6.45, 7) is 0. The maximum absolute atomic E-state index is 10.5. The van der Waals surface area contributed by atoms with Crippen LogP contribution in [0, 0.1) is 68.0 Å². The molecule has 2 heterocycles. The van der Waals surface area contributed by atoms with Crippen molar-refractivity contribution in [2.24, 2.45) is 0 Å². The fourth-order valence-electron chi connectivity index (χ4n) is 8.69. The summed E-state index contributed by atoms with van der Waals surface area (Å²) in [6.07, 6.45) is 0. The molecule has 0 N–H and O–H groups in total. The third-order valence-corrected chi connectivity index (χ3v) is 11.4. The molecule has 0 unspecified atom stereocenters. The zero-order valence-corrected chi connectivity index (χ0v) is 32.6. The molecule has 0 saturated carbocycles. The maximum Gasteiger partial charge on any atom is 0.0998 e. The minimum atomic E-state index is 0.412. The van der Waals surface area contributed by atoms with Crippen LogP contribution in [-0.2, 0) is 0 Å². The van der Waals surface area contributed by atoms with Crippen molar-refractivity contribution in [3.63, 3.8) is 0 Å². The number of hydrogen-bond donors (Lipinski definition) is 0. The summed E-state index contributed by atoms with van der Waals surface area (Å²) in [5, 5.41) is 63.6. The maximum atomic E-state index is 10.5. The van der Waals surface area contributed by atoms with Crippen molar-refractivity contribution in [2.75, 3.05) is 0 Å². The predicted octanol–water partition coefficient (Wildman–Crippen LogP) is 12.1. The van der Waals surface area contributed by atoms with Crippen LogP contribution >= 0.6 is 0 Å². The quantitative estimate of drug-likeness (QED) is 0.169. The van der Waals surface area contributed by atoms with Gasteiger partial charge in [0, 0.05) is 44.0 Å². The summed E-state index contributed by atoms with van der Waals surface area (Å²) >= 11 is 0. The Morgan fingerprint density at radius 3 is 1.03 bits per heavy atom. The average molecular weight is 787 g/mol. The Bertz CT molecular complexity index is 3520. The molecule has 0 atom stereocenters. The molecule has 62 heavy (non-hydrogen) atoms. The van der Waals surface area contributed by atoms with Gasteiger partial charge < -0.3 is 9.13 Å². The van der Waals surface area contributed by atoms with Crippen molar-refractivity contribution >= 4 is 43.6 Å². The monoisotopic (exact) mass is 786 g/mol. The summed E-state index contributed by atoms with van der Waals surface area (Å²) < 4.78 is 4.30. The fraction of sp³-hybridized carbons (Fsp3) is 0. The second-order valence-electron chi connectivity index (χ2n) is 14.9. The second-order valence-corrected chi connectivity index (χ2v) is 14.9. The van der Waals surface area contributed by atoms with E-state index in [0.29, 0.717) is 44.5 Å². The van der Waals surface area contributed by atoms with E-state index in [9.17, 15) is 31.6 Å². The molecule has 8 aromatic carbocycles. The van der Waals surface area contributed by atoms with Gasteiger partial charge in [-0.15, -0.1) is 0 Å². The molecule has 10 rings (SSSR count). The molecule has 10 aromatic rings. The van der Waals surface area contributed by atoms with E-state index in [1.807, 2.05) is 72.8 Å². The molecule has 0 aliphatic rings. The lowest BCUT2D eigenvalue weighted by molar-refractivity contribution is 1.17. The first-order chi connectivity index (χ1) is 30.4. The molecule has 0 aliphatic carbocycles. The first-order valence-corrected chi connectivity index (χ1v) is 19.5. The lowest BCUT2D eigenvalue weighted by Gasteiger charge is -2.15. The van der Waals surface area contributed by atoms with Gasteiger partial charge in [0.25, 0.3) is 0 Å². The van der Waals surface area contributed by atoms with Crippen LogP contribution in [0.4, 0.5) is 0 Å². The molecule has 282 valence electrons. The highest BCUT2D eigenvalue weighted by molar-refractivity contribution is 6.12. The summed E-state index contributed by atoms with van der Waals surface area (Å²) in [5.74, 6) is 0. The Balaban J connectivity index is 1.14. The van der Waals surface area contributed by atoms with Gasteiger partial charge in [-0.05, 0) is 131 Å². The largest absolute Gasteiger partial charge is 0.309 e. The minimum Gasteiger partial charge on any atom is -0.309 e. The Morgan fingerprint density at radius 2 is 0.661 bits per heavy atom. The summed E-state index contributed by atoms with van der Waals surface area (Å²) in [7, 11) is 0. The number of benzene rings is 8. The fourth-order valence-corrected chi connectivity index (χ4v) is 8.69. The van der Waals surface area contributed by atoms with E-state index in [0.717, 1.165) is 77.2 Å². The Labute approximate surface area is 355 Å². The van der Waals surface area contributed by atoms with Gasteiger partial charge in [-0.3, -0.25) is 0 Å². The van der Waals surface area contributed by atoms with Crippen molar-refractivity contribution in [3.05, 3.63) is 191 Å². The zero-order valence-electron chi connectivity index (χ0n) is 32.6. The van der Waals surface area contributed by atoms with Crippen LogP contribution in [0.5, 0.6) is 0 Å². The van der Waals surface area contributed by atoms with E-state index in [2.05, 4.69) is 81.9 Å². The molecule has 0 radical (unpaired) electrons. The van der Waals surface area contributed by atoms with Crippen LogP contribution in [-0.4, -0.2) is 9.13 Å². The highest BCUT2D eigenvalue weighted by Crippen LogP contribution is 2.40. The Morgan fingerprint density at radius 1 is 0.290 bits per heavy atom. The van der Waals surface area contributed by atoms with Gasteiger partial charge in [0.1, 0.15) is 0 Å². The lowest BCUT2D eigenvalue weighted by atomic mass is 9.95. The summed E-state index contributed by atoms with van der Waals surface area (Å²) in [6, 6.07) is 63.5. The standard InChI is InChI=1S/C54H26N8/c55-27-33-17-34(28-56)20-41(19-33)37-11-15-53-49(23-37)45-5-1-3-7-51(45)61(53)43-13-9-39(31-59)47(25-43)48-26-44(14-10-40(48)32-60)62-52-8-4-2-6-46(52)50-24-38(12-16-54(50)62)42-21-35(29-57)18-36(22-42)30-58/h1-26H. The zero-order chi connectivity index (χ0) is 42.5. The molecule has 0 fully saturated rings. The molecule has 8 heteroatoms. The van der Waals surface area contributed by atoms with Gasteiger partial charge >= 0.3 is 0 Å². The number of nitrogens with zero attached hydrogens (tertiary/aromatic N) is 8. The SMILES string of the molecule is N#Cc1cc(C#N)cc(-c2ccc3c(c2)c2ccccc2n3-c2ccc(C#N)c(-c3cc(-n4c5ccccc5c5cc(-c6cc(C#N)cc(C#N)c6)ccc54)ccc3C#N)c2)c1. The van der Waals surface area contributed by atoms with Crippen molar-refractivity contribution in [3.8, 4) is 81.2 Å². The number of aromatic nitrogens is 2. The Kier molecular flexibility index (Phi) is 8.62. The number of nitriles is 6. The van der Waals surface area contributed by atoms with E-state index in [-0.39, 0.29) is 0 Å². The predicted molar refractivity (Wildman–Crippen MR) is 240 cm³/mol. The molecule has 0 spiro atoms. The van der Waals surface area contributed by atoms with E-state index in [4.69, 9.17) is 0 Å². The molecule has 0 aliphatic heterocycles. The first-order valence-electron chi connectivity index (χ1n) is 19.5. The van der Waals surface area contributed by atoms with Gasteiger partial charge in [-0.1, -0.05) is 48.5 Å². The normalized spacial score (nSPS) is 10.8. The van der Waals surface area contributed by atoms with Crippen LogP contribution in [0.15, 0.2) is 158 Å². The highest BCUT2D eigenvalue weighted by atomic mass is 15.0. The molecule has 0 bridgehead atoms. The first kappa shape index (κ1) is 36.6. The van der Waals surface area contributed by atoms with Gasteiger partial charge in [-0.25, -0.2) is 0 Å². The summed E-state index contributed by atoms with van der Waals surface area (Å²) in [5.41, 5.74) is 12.3.